The molecule has 8 amide bonds. The van der Waals surface area contributed by atoms with Crippen molar-refractivity contribution in [3.05, 3.63) is 0 Å². The van der Waals surface area contributed by atoms with Crippen LogP contribution in [0.5, 0.6) is 0 Å². The molecule has 18 N–H and O–H groups in total. The van der Waals surface area contributed by atoms with E-state index in [0.717, 1.165) is 26.5 Å². The Balaban J connectivity index is 2.46. The molecule has 0 spiro atoms. The van der Waals surface area contributed by atoms with Gasteiger partial charge in [-0.2, -0.15) is 0 Å². The van der Waals surface area contributed by atoms with Crippen molar-refractivity contribution >= 4 is 92.7 Å². The first-order chi connectivity index (χ1) is 30.2. The zero-order valence-electron chi connectivity index (χ0n) is 34.7. The number of carbonyl (C=O) groups excluding carboxylic acids is 8. The highest BCUT2D eigenvalue weighted by atomic mass is 33.1. The summed E-state index contributed by atoms with van der Waals surface area (Å²) in [5, 5.41) is 45.0. The number of carboxylic acid groups (broad SMARTS) is 3. The molecule has 7 atom stereocenters. The number of aliphatic carboxylic acids is 3. The van der Waals surface area contributed by atoms with E-state index in [1.165, 1.54) is 0 Å². The SMILES string of the molecule is NCCCC[C@@H]1NC(=O)C(CC(=O)O)NC(=O)CNC(=O)C(CCCN=C(N)N)NC(=O)[C@@H](N)CSSCC(C(=O)O)NC(=O)[C@H](CC(=O)O)NC(=O)[C@@H]2CCCN2C(=O)CNC1=O. The van der Waals surface area contributed by atoms with Crippen LogP contribution in [0.1, 0.15) is 57.8 Å². The lowest BCUT2D eigenvalue weighted by Gasteiger charge is -2.27. The molecule has 3 unspecified atom stereocenters. The Bertz CT molecular complexity index is 1750. The third kappa shape index (κ3) is 19.6. The Morgan fingerprint density at radius 2 is 1.22 bits per heavy atom. The quantitative estimate of drug-likeness (QED) is 0.0353. The molecular formula is C35H57N13O14S2. The van der Waals surface area contributed by atoms with Crippen LogP contribution in [-0.4, -0.2) is 178 Å². The minimum Gasteiger partial charge on any atom is -0.481 e. The fraction of sp³-hybridized carbons (Fsp3) is 0.657. The summed E-state index contributed by atoms with van der Waals surface area (Å²) >= 11 is 0. The van der Waals surface area contributed by atoms with Gasteiger partial charge in [0.15, 0.2) is 5.96 Å². The standard InChI is InChI=1S/C35H57N13O14S2/c36-8-2-1-5-18-30(57)42-14-25(50)48-10-4-7-23(48)33(60)46-21(12-27(53)54)32(59)47-22(34(61)62)16-64-63-15-17(37)28(55)44-19(6-3-9-40-35(38)39)29(56)41-13-24(49)43-20(11-26(51)52)31(58)45-18/h17-23H,1-16,36-37H2,(H,41,56)(H,42,57)(H,43,49)(H,44,55)(H,45,58)(H,46,60)(H,47,59)(H,51,52)(H,53,54)(H,61,62)(H4,38,39,40)/t17-,18-,19?,20?,21-,22?,23-/m0/s1. The highest BCUT2D eigenvalue weighted by Gasteiger charge is 2.38. The molecule has 2 fully saturated rings. The van der Waals surface area contributed by atoms with E-state index in [1.54, 1.807) is 0 Å². The second kappa shape index (κ2) is 28.0. The largest absolute Gasteiger partial charge is 0.481 e. The van der Waals surface area contributed by atoms with Crippen molar-refractivity contribution in [3.8, 4) is 0 Å². The van der Waals surface area contributed by atoms with Crippen LogP contribution >= 0.6 is 21.6 Å². The topological polar surface area (TPSA) is 452 Å². The van der Waals surface area contributed by atoms with Crippen molar-refractivity contribution in [1.82, 2.24) is 42.1 Å². The number of nitrogens with zero attached hydrogens (tertiary/aromatic N) is 2. The Hall–Kier alpha value is -5.94. The van der Waals surface area contributed by atoms with Crippen LogP contribution in [0.2, 0.25) is 0 Å². The molecule has 0 saturated carbocycles. The number of amides is 8. The highest BCUT2D eigenvalue weighted by Crippen LogP contribution is 2.23. The minimum atomic E-state index is -1.79. The molecule has 2 aliphatic heterocycles. The van der Waals surface area contributed by atoms with E-state index in [0.29, 0.717) is 12.8 Å². The van der Waals surface area contributed by atoms with Gasteiger partial charge in [0.25, 0.3) is 0 Å². The van der Waals surface area contributed by atoms with E-state index in [9.17, 15) is 68.1 Å². The summed E-state index contributed by atoms with van der Waals surface area (Å²) in [6.45, 7) is -1.23. The molecule has 0 aromatic carbocycles. The number of carboxylic acids is 3. The summed E-state index contributed by atoms with van der Waals surface area (Å²) < 4.78 is 0. The molecule has 29 heteroatoms. The van der Waals surface area contributed by atoms with E-state index in [1.807, 2.05) is 0 Å². The Morgan fingerprint density at radius 1 is 0.672 bits per heavy atom. The smallest absolute Gasteiger partial charge is 0.327 e. The molecule has 0 radical (unpaired) electrons. The van der Waals surface area contributed by atoms with Gasteiger partial charge in [0.2, 0.25) is 47.3 Å². The van der Waals surface area contributed by atoms with Crippen LogP contribution in [0.3, 0.4) is 0 Å². The average molecular weight is 948 g/mol. The van der Waals surface area contributed by atoms with Crippen molar-refractivity contribution in [3.63, 3.8) is 0 Å². The molecule has 2 rings (SSSR count). The van der Waals surface area contributed by atoms with Gasteiger partial charge in [0.05, 0.1) is 32.0 Å². The molecular weight excluding hydrogens is 891 g/mol. The van der Waals surface area contributed by atoms with Gasteiger partial charge in [0, 0.05) is 24.6 Å². The van der Waals surface area contributed by atoms with Crippen molar-refractivity contribution in [2.24, 2.45) is 27.9 Å². The van der Waals surface area contributed by atoms with E-state index in [2.05, 4.69) is 42.2 Å². The minimum absolute atomic E-state index is 0.0254. The van der Waals surface area contributed by atoms with Crippen molar-refractivity contribution in [2.45, 2.75) is 100 Å². The van der Waals surface area contributed by atoms with Gasteiger partial charge >= 0.3 is 17.9 Å². The zero-order valence-corrected chi connectivity index (χ0v) is 36.3. The lowest BCUT2D eigenvalue weighted by Crippen LogP contribution is -2.57. The number of hydrogen-bond acceptors (Lipinski definition) is 16. The predicted octanol–water partition coefficient (Wildman–Crippen LogP) is -6.43. The average Bonchev–Trinajstić information content (AvgIpc) is 3.72. The molecule has 358 valence electrons. The van der Waals surface area contributed by atoms with E-state index >= 15 is 0 Å². The molecule has 2 aliphatic rings. The summed E-state index contributed by atoms with van der Waals surface area (Å²) in [5.74, 6) is -12.9. The molecule has 64 heavy (non-hydrogen) atoms. The Morgan fingerprint density at radius 3 is 1.81 bits per heavy atom. The molecule has 0 bridgehead atoms. The molecule has 2 saturated heterocycles. The first-order valence-corrected chi connectivity index (χ1v) is 22.5. The van der Waals surface area contributed by atoms with Gasteiger partial charge < -0.3 is 80.4 Å². The Labute approximate surface area is 374 Å². The number of guanidine groups is 1. The first-order valence-electron chi connectivity index (χ1n) is 20.0. The Kier molecular flexibility index (Phi) is 23.7. The van der Waals surface area contributed by atoms with Crippen LogP contribution in [0, 0.1) is 0 Å². The van der Waals surface area contributed by atoms with E-state index < -0.39 is 133 Å². The summed E-state index contributed by atoms with van der Waals surface area (Å²) in [5.41, 5.74) is 22.4. The second-order valence-corrected chi connectivity index (χ2v) is 17.0. The summed E-state index contributed by atoms with van der Waals surface area (Å²) in [4.78, 5) is 147. The van der Waals surface area contributed by atoms with Crippen LogP contribution in [-0.2, 0) is 52.7 Å². The number of nitrogens with two attached hydrogens (primary N) is 4. The van der Waals surface area contributed by atoms with Gasteiger partial charge in [0.1, 0.15) is 36.3 Å². The number of nitrogens with one attached hydrogen (secondary N) is 7. The molecule has 0 aromatic rings. The van der Waals surface area contributed by atoms with Gasteiger partial charge in [-0.3, -0.25) is 52.9 Å². The predicted molar refractivity (Wildman–Crippen MR) is 228 cm³/mol. The van der Waals surface area contributed by atoms with Gasteiger partial charge in [-0.05, 0) is 51.5 Å². The third-order valence-corrected chi connectivity index (χ3v) is 11.9. The van der Waals surface area contributed by atoms with Gasteiger partial charge in [-0.1, -0.05) is 21.6 Å². The van der Waals surface area contributed by atoms with Crippen LogP contribution in [0.4, 0.5) is 0 Å². The van der Waals surface area contributed by atoms with Crippen molar-refractivity contribution in [2.75, 3.05) is 44.2 Å². The third-order valence-electron chi connectivity index (χ3n) is 9.43. The maximum atomic E-state index is 13.4. The van der Waals surface area contributed by atoms with E-state index in [-0.39, 0.29) is 69.2 Å². The second-order valence-electron chi connectivity index (χ2n) is 14.5. The van der Waals surface area contributed by atoms with Crippen LogP contribution in [0.15, 0.2) is 4.99 Å². The molecule has 2 heterocycles. The van der Waals surface area contributed by atoms with Crippen LogP contribution in [0.25, 0.3) is 0 Å². The maximum Gasteiger partial charge on any atom is 0.327 e. The van der Waals surface area contributed by atoms with Gasteiger partial charge in [-0.15, -0.1) is 0 Å². The first kappa shape index (κ1) is 54.2. The lowest BCUT2D eigenvalue weighted by atomic mass is 10.1. The highest BCUT2D eigenvalue weighted by molar-refractivity contribution is 8.76. The van der Waals surface area contributed by atoms with E-state index in [4.69, 9.17) is 22.9 Å². The monoisotopic (exact) mass is 947 g/mol. The molecule has 27 nitrogen and oxygen atoms in total. The van der Waals surface area contributed by atoms with Crippen molar-refractivity contribution < 1.29 is 68.1 Å². The lowest BCUT2D eigenvalue weighted by molar-refractivity contribution is -0.144. The number of rotatable bonds is 13. The number of aliphatic imine (C=N–C) groups is 1. The normalized spacial score (nSPS) is 25.5. The summed E-state index contributed by atoms with van der Waals surface area (Å²) in [6.07, 6.45) is -0.832. The number of fused-ring (bicyclic) bond motifs is 1. The number of carbonyl (C=O) groups is 11. The number of unbranched alkanes of at least 4 members (excludes halogenated alkanes) is 1. The van der Waals surface area contributed by atoms with Crippen molar-refractivity contribution in [1.29, 1.82) is 0 Å². The summed E-state index contributed by atoms with van der Waals surface area (Å²) in [6, 6.07) is -10.4. The molecule has 0 aromatic heterocycles. The fourth-order valence-electron chi connectivity index (χ4n) is 6.14. The summed E-state index contributed by atoms with van der Waals surface area (Å²) in [7, 11) is 1.80. The molecule has 0 aliphatic carbocycles. The zero-order chi connectivity index (χ0) is 47.9. The number of hydrogen-bond donors (Lipinski definition) is 14. The maximum absolute atomic E-state index is 13.4. The fourth-order valence-corrected chi connectivity index (χ4v) is 8.42. The van der Waals surface area contributed by atoms with Gasteiger partial charge in [-0.25, -0.2) is 4.79 Å². The van der Waals surface area contributed by atoms with Crippen LogP contribution < -0.4 is 60.2 Å².